The Labute approximate surface area is 133 Å². The van der Waals surface area contributed by atoms with Crippen molar-refractivity contribution in [3.8, 4) is 5.69 Å². The number of halogens is 1. The second-order valence-electron chi connectivity index (χ2n) is 5.26. The van der Waals surface area contributed by atoms with Gasteiger partial charge in [-0.1, -0.05) is 29.4 Å². The molecule has 1 aromatic heterocycles. The van der Waals surface area contributed by atoms with Gasteiger partial charge in [0.1, 0.15) is 0 Å². The van der Waals surface area contributed by atoms with Gasteiger partial charge in [0.05, 0.1) is 11.4 Å². The van der Waals surface area contributed by atoms with E-state index in [1.165, 1.54) is 11.8 Å². The fourth-order valence-corrected chi connectivity index (χ4v) is 3.55. The van der Waals surface area contributed by atoms with Crippen LogP contribution in [0, 0.1) is 6.92 Å². The van der Waals surface area contributed by atoms with Crippen molar-refractivity contribution in [1.82, 2.24) is 9.55 Å². The Morgan fingerprint density at radius 1 is 1.29 bits per heavy atom. The summed E-state index contributed by atoms with van der Waals surface area (Å²) >= 11 is 7.71. The van der Waals surface area contributed by atoms with Crippen molar-refractivity contribution in [1.29, 1.82) is 0 Å². The summed E-state index contributed by atoms with van der Waals surface area (Å²) < 4.78 is 1.72. The van der Waals surface area contributed by atoms with E-state index in [1.54, 1.807) is 4.57 Å². The maximum atomic E-state index is 12.9. The van der Waals surface area contributed by atoms with Crippen molar-refractivity contribution in [2.75, 3.05) is 6.26 Å². The van der Waals surface area contributed by atoms with Gasteiger partial charge in [0, 0.05) is 10.6 Å². The SMILES string of the molecule is CSc1nc2c(c(=O)n1-c1cccc(Cl)c1C)CCCC2. The van der Waals surface area contributed by atoms with Crippen molar-refractivity contribution in [2.45, 2.75) is 37.8 Å². The number of thioether (sulfide) groups is 1. The molecule has 5 heteroatoms. The molecule has 1 aliphatic rings. The predicted molar refractivity (Wildman–Crippen MR) is 88.0 cm³/mol. The van der Waals surface area contributed by atoms with Gasteiger partial charge in [0.25, 0.3) is 5.56 Å². The minimum absolute atomic E-state index is 0.0643. The Kier molecular flexibility index (Phi) is 4.09. The van der Waals surface area contributed by atoms with Gasteiger partial charge in [0.2, 0.25) is 0 Å². The lowest BCUT2D eigenvalue weighted by Crippen LogP contribution is -2.29. The van der Waals surface area contributed by atoms with E-state index in [9.17, 15) is 4.79 Å². The number of fused-ring (bicyclic) bond motifs is 1. The smallest absolute Gasteiger partial charge is 0.262 e. The maximum absolute atomic E-state index is 12.9. The van der Waals surface area contributed by atoms with Crippen molar-refractivity contribution in [3.63, 3.8) is 0 Å². The third-order valence-electron chi connectivity index (χ3n) is 3.98. The van der Waals surface area contributed by atoms with Gasteiger partial charge >= 0.3 is 0 Å². The second kappa shape index (κ2) is 5.85. The summed E-state index contributed by atoms with van der Waals surface area (Å²) in [6.07, 6.45) is 5.88. The molecular weight excluding hydrogens is 304 g/mol. The number of hydrogen-bond acceptors (Lipinski definition) is 3. The van der Waals surface area contributed by atoms with Crippen LogP contribution in [-0.2, 0) is 12.8 Å². The first-order valence-electron chi connectivity index (χ1n) is 7.07. The lowest BCUT2D eigenvalue weighted by atomic mass is 9.97. The normalized spacial score (nSPS) is 14.0. The molecular formula is C16H17ClN2OS. The van der Waals surface area contributed by atoms with Crippen molar-refractivity contribution >= 4 is 23.4 Å². The lowest BCUT2D eigenvalue weighted by Gasteiger charge is -2.20. The summed E-state index contributed by atoms with van der Waals surface area (Å²) in [7, 11) is 0. The zero-order chi connectivity index (χ0) is 15.0. The van der Waals surface area contributed by atoms with Crippen LogP contribution in [0.25, 0.3) is 5.69 Å². The first kappa shape index (κ1) is 14.7. The van der Waals surface area contributed by atoms with Crippen LogP contribution in [0.4, 0.5) is 0 Å². The van der Waals surface area contributed by atoms with E-state index in [2.05, 4.69) is 0 Å². The molecule has 0 saturated heterocycles. The van der Waals surface area contributed by atoms with Crippen LogP contribution in [-0.4, -0.2) is 15.8 Å². The highest BCUT2D eigenvalue weighted by Gasteiger charge is 2.20. The summed E-state index contributed by atoms with van der Waals surface area (Å²) in [4.78, 5) is 17.6. The van der Waals surface area contributed by atoms with Gasteiger partial charge in [-0.3, -0.25) is 9.36 Å². The molecule has 1 aliphatic carbocycles. The largest absolute Gasteiger partial charge is 0.269 e. The molecule has 0 unspecified atom stereocenters. The summed E-state index contributed by atoms with van der Waals surface area (Å²) in [6, 6.07) is 5.65. The van der Waals surface area contributed by atoms with Crippen molar-refractivity contribution in [2.24, 2.45) is 0 Å². The first-order chi connectivity index (χ1) is 10.1. The van der Waals surface area contributed by atoms with Gasteiger partial charge in [-0.2, -0.15) is 0 Å². The molecule has 0 amide bonds. The van der Waals surface area contributed by atoms with E-state index in [1.807, 2.05) is 31.4 Å². The van der Waals surface area contributed by atoms with Gasteiger partial charge in [-0.15, -0.1) is 0 Å². The average Bonchev–Trinajstić information content (AvgIpc) is 2.50. The topological polar surface area (TPSA) is 34.9 Å². The van der Waals surface area contributed by atoms with E-state index in [0.717, 1.165) is 53.3 Å². The number of benzene rings is 1. The van der Waals surface area contributed by atoms with Gasteiger partial charge < -0.3 is 0 Å². The quantitative estimate of drug-likeness (QED) is 0.623. The molecule has 1 aromatic carbocycles. The molecule has 0 aliphatic heterocycles. The second-order valence-corrected chi connectivity index (χ2v) is 6.44. The molecule has 0 fully saturated rings. The van der Waals surface area contributed by atoms with E-state index in [-0.39, 0.29) is 5.56 Å². The molecule has 21 heavy (non-hydrogen) atoms. The maximum Gasteiger partial charge on any atom is 0.262 e. The van der Waals surface area contributed by atoms with Gasteiger partial charge in [-0.25, -0.2) is 4.98 Å². The fraction of sp³-hybridized carbons (Fsp3) is 0.375. The van der Waals surface area contributed by atoms with E-state index < -0.39 is 0 Å². The van der Waals surface area contributed by atoms with Crippen LogP contribution < -0.4 is 5.56 Å². The van der Waals surface area contributed by atoms with Crippen molar-refractivity contribution < 1.29 is 0 Å². The standard InChI is InChI=1S/C16H17ClN2OS/c1-10-12(17)7-5-9-14(10)19-15(20)11-6-3-4-8-13(11)18-16(19)21-2/h5,7,9H,3-4,6,8H2,1-2H3. The number of aryl methyl sites for hydroxylation is 1. The first-order valence-corrected chi connectivity index (χ1v) is 8.68. The molecule has 0 bridgehead atoms. The molecule has 0 spiro atoms. The zero-order valence-electron chi connectivity index (χ0n) is 12.1. The molecule has 0 radical (unpaired) electrons. The fourth-order valence-electron chi connectivity index (χ4n) is 2.82. The van der Waals surface area contributed by atoms with Gasteiger partial charge in [0.15, 0.2) is 5.16 Å². The molecule has 3 rings (SSSR count). The minimum atomic E-state index is 0.0643. The number of aromatic nitrogens is 2. The van der Waals surface area contributed by atoms with Crippen LogP contribution in [0.2, 0.25) is 5.02 Å². The lowest BCUT2D eigenvalue weighted by molar-refractivity contribution is 0.622. The molecule has 0 saturated carbocycles. The number of rotatable bonds is 2. The molecule has 0 atom stereocenters. The highest BCUT2D eigenvalue weighted by molar-refractivity contribution is 7.98. The monoisotopic (exact) mass is 320 g/mol. The third-order valence-corrected chi connectivity index (χ3v) is 5.03. The number of nitrogens with zero attached hydrogens (tertiary/aromatic N) is 2. The van der Waals surface area contributed by atoms with Crippen LogP contribution in [0.15, 0.2) is 28.2 Å². The highest BCUT2D eigenvalue weighted by atomic mass is 35.5. The van der Waals surface area contributed by atoms with Crippen LogP contribution in [0.1, 0.15) is 29.7 Å². The van der Waals surface area contributed by atoms with E-state index in [0.29, 0.717) is 5.02 Å². The number of hydrogen-bond donors (Lipinski definition) is 0. The average molecular weight is 321 g/mol. The summed E-state index contributed by atoms with van der Waals surface area (Å²) in [5.74, 6) is 0. The van der Waals surface area contributed by atoms with Crippen LogP contribution >= 0.6 is 23.4 Å². The van der Waals surface area contributed by atoms with Crippen molar-refractivity contribution in [3.05, 3.63) is 50.4 Å². The molecule has 3 nitrogen and oxygen atoms in total. The van der Waals surface area contributed by atoms with Gasteiger partial charge in [-0.05, 0) is 56.6 Å². The Bertz CT molecular complexity index is 755. The van der Waals surface area contributed by atoms with Crippen LogP contribution in [0.3, 0.4) is 0 Å². The Morgan fingerprint density at radius 3 is 2.81 bits per heavy atom. The van der Waals surface area contributed by atoms with Crippen LogP contribution in [0.5, 0.6) is 0 Å². The molecule has 0 N–H and O–H groups in total. The Morgan fingerprint density at radius 2 is 2.05 bits per heavy atom. The summed E-state index contributed by atoms with van der Waals surface area (Å²) in [5, 5.41) is 1.41. The predicted octanol–water partition coefficient (Wildman–Crippen LogP) is 3.80. The zero-order valence-corrected chi connectivity index (χ0v) is 13.7. The minimum Gasteiger partial charge on any atom is -0.269 e. The van der Waals surface area contributed by atoms with E-state index in [4.69, 9.17) is 16.6 Å². The summed E-state index contributed by atoms with van der Waals surface area (Å²) in [5.41, 5.74) is 3.66. The molecule has 1 heterocycles. The molecule has 2 aromatic rings. The Balaban J connectivity index is 2.31. The Hall–Kier alpha value is -1.26. The highest BCUT2D eigenvalue weighted by Crippen LogP contribution is 2.26. The third kappa shape index (κ3) is 2.51. The molecule has 110 valence electrons. The summed E-state index contributed by atoms with van der Waals surface area (Å²) in [6.45, 7) is 1.94. The van der Waals surface area contributed by atoms with E-state index >= 15 is 0 Å².